The van der Waals surface area contributed by atoms with Crippen LogP contribution in [0.5, 0.6) is 0 Å². The minimum Gasteiger partial charge on any atom is -0.480 e. The summed E-state index contributed by atoms with van der Waals surface area (Å²) in [5, 5.41) is 11.1. The molecule has 0 aromatic rings. The van der Waals surface area contributed by atoms with Gasteiger partial charge in [-0.25, -0.2) is 9.59 Å². The molecule has 6 nitrogen and oxygen atoms in total. The van der Waals surface area contributed by atoms with Gasteiger partial charge in [0, 0.05) is 13.7 Å². The SMILES string of the molecule is COCCCC(NC(=O)OC(C)C)C(=O)O. The fraction of sp³-hybridized carbons (Fsp3) is 0.800. The Morgan fingerprint density at radius 3 is 2.44 bits per heavy atom. The van der Waals surface area contributed by atoms with Crippen molar-refractivity contribution < 1.29 is 24.2 Å². The van der Waals surface area contributed by atoms with Crippen molar-refractivity contribution in [2.24, 2.45) is 0 Å². The lowest BCUT2D eigenvalue weighted by Crippen LogP contribution is -2.41. The van der Waals surface area contributed by atoms with Crippen molar-refractivity contribution in [3.05, 3.63) is 0 Å². The number of methoxy groups -OCH3 is 1. The van der Waals surface area contributed by atoms with Gasteiger partial charge in [0.2, 0.25) is 0 Å². The largest absolute Gasteiger partial charge is 0.480 e. The maximum absolute atomic E-state index is 11.2. The zero-order valence-corrected chi connectivity index (χ0v) is 9.86. The molecule has 0 aromatic carbocycles. The van der Waals surface area contributed by atoms with Crippen LogP contribution in [0.3, 0.4) is 0 Å². The predicted octanol–water partition coefficient (Wildman–Crippen LogP) is 1.00. The molecule has 0 saturated carbocycles. The summed E-state index contributed by atoms with van der Waals surface area (Å²) in [5.41, 5.74) is 0. The number of hydrogen-bond donors (Lipinski definition) is 2. The van der Waals surface area contributed by atoms with Gasteiger partial charge >= 0.3 is 12.1 Å². The highest BCUT2D eigenvalue weighted by atomic mass is 16.6. The Bertz CT molecular complexity index is 229. The summed E-state index contributed by atoms with van der Waals surface area (Å²) in [6.07, 6.45) is -0.0977. The third-order valence-electron chi connectivity index (χ3n) is 1.77. The third kappa shape index (κ3) is 7.05. The minimum absolute atomic E-state index is 0.270. The van der Waals surface area contributed by atoms with E-state index in [0.29, 0.717) is 19.4 Å². The summed E-state index contributed by atoms with van der Waals surface area (Å²) >= 11 is 0. The van der Waals surface area contributed by atoms with Crippen molar-refractivity contribution in [2.75, 3.05) is 13.7 Å². The molecule has 0 aliphatic heterocycles. The van der Waals surface area contributed by atoms with E-state index < -0.39 is 18.1 Å². The van der Waals surface area contributed by atoms with E-state index in [9.17, 15) is 9.59 Å². The fourth-order valence-corrected chi connectivity index (χ4v) is 1.08. The van der Waals surface area contributed by atoms with Crippen LogP contribution in [0.4, 0.5) is 4.79 Å². The molecule has 94 valence electrons. The molecular formula is C10H19NO5. The van der Waals surface area contributed by atoms with Crippen LogP contribution in [0.1, 0.15) is 26.7 Å². The first kappa shape index (κ1) is 14.7. The first-order valence-corrected chi connectivity index (χ1v) is 5.16. The average Bonchev–Trinajstić information content (AvgIpc) is 2.15. The van der Waals surface area contributed by atoms with Crippen molar-refractivity contribution in [2.45, 2.75) is 38.8 Å². The number of carboxylic acid groups (broad SMARTS) is 1. The van der Waals surface area contributed by atoms with Gasteiger partial charge in [-0.15, -0.1) is 0 Å². The number of hydrogen-bond acceptors (Lipinski definition) is 4. The Morgan fingerprint density at radius 1 is 1.38 bits per heavy atom. The van der Waals surface area contributed by atoms with Crippen molar-refractivity contribution in [3.8, 4) is 0 Å². The van der Waals surface area contributed by atoms with E-state index >= 15 is 0 Å². The smallest absolute Gasteiger partial charge is 0.408 e. The van der Waals surface area contributed by atoms with Crippen molar-refractivity contribution in [3.63, 3.8) is 0 Å². The summed E-state index contributed by atoms with van der Waals surface area (Å²) < 4.78 is 9.60. The highest BCUT2D eigenvalue weighted by Crippen LogP contribution is 1.99. The molecule has 0 heterocycles. The molecule has 6 heteroatoms. The molecule has 0 aliphatic rings. The number of alkyl carbamates (subject to hydrolysis) is 1. The van der Waals surface area contributed by atoms with Gasteiger partial charge < -0.3 is 19.9 Å². The number of carbonyl (C=O) groups is 2. The molecule has 0 radical (unpaired) electrons. The van der Waals surface area contributed by atoms with Gasteiger partial charge in [0.15, 0.2) is 0 Å². The average molecular weight is 233 g/mol. The molecule has 1 unspecified atom stereocenters. The number of carboxylic acids is 1. The van der Waals surface area contributed by atoms with Crippen LogP contribution in [0.25, 0.3) is 0 Å². The number of amides is 1. The zero-order valence-electron chi connectivity index (χ0n) is 9.86. The second-order valence-corrected chi connectivity index (χ2v) is 3.62. The van der Waals surface area contributed by atoms with Gasteiger partial charge in [0.1, 0.15) is 6.04 Å². The number of rotatable bonds is 7. The summed E-state index contributed by atoms with van der Waals surface area (Å²) in [7, 11) is 1.54. The molecule has 0 fully saturated rings. The van der Waals surface area contributed by atoms with E-state index in [1.54, 1.807) is 13.8 Å². The minimum atomic E-state index is -1.07. The molecule has 0 aromatic heterocycles. The molecule has 0 bridgehead atoms. The Morgan fingerprint density at radius 2 is 2.00 bits per heavy atom. The van der Waals surface area contributed by atoms with Crippen LogP contribution in [0.15, 0.2) is 0 Å². The van der Waals surface area contributed by atoms with Crippen LogP contribution < -0.4 is 5.32 Å². The van der Waals surface area contributed by atoms with Gasteiger partial charge in [0.05, 0.1) is 6.10 Å². The summed E-state index contributed by atoms with van der Waals surface area (Å²) in [6, 6.07) is -0.929. The second kappa shape index (κ2) is 7.92. The van der Waals surface area contributed by atoms with E-state index in [1.807, 2.05) is 0 Å². The Balaban J connectivity index is 4.02. The predicted molar refractivity (Wildman–Crippen MR) is 57.3 cm³/mol. The van der Waals surface area contributed by atoms with Gasteiger partial charge in [-0.05, 0) is 26.7 Å². The quantitative estimate of drug-likeness (QED) is 0.641. The lowest BCUT2D eigenvalue weighted by Gasteiger charge is -2.15. The Labute approximate surface area is 94.9 Å². The first-order valence-electron chi connectivity index (χ1n) is 5.16. The maximum atomic E-state index is 11.2. The molecule has 0 rings (SSSR count). The zero-order chi connectivity index (χ0) is 12.6. The van der Waals surface area contributed by atoms with Crippen LogP contribution in [-0.2, 0) is 14.3 Å². The highest BCUT2D eigenvalue weighted by molar-refractivity contribution is 5.79. The van der Waals surface area contributed by atoms with E-state index in [0.717, 1.165) is 0 Å². The summed E-state index contributed by atoms with van der Waals surface area (Å²) in [5.74, 6) is -1.07. The molecular weight excluding hydrogens is 214 g/mol. The van der Waals surface area contributed by atoms with E-state index in [1.165, 1.54) is 7.11 Å². The third-order valence-corrected chi connectivity index (χ3v) is 1.77. The van der Waals surface area contributed by atoms with E-state index in [4.69, 9.17) is 14.6 Å². The highest BCUT2D eigenvalue weighted by Gasteiger charge is 2.20. The Hall–Kier alpha value is -1.30. The second-order valence-electron chi connectivity index (χ2n) is 3.62. The van der Waals surface area contributed by atoms with Crippen molar-refractivity contribution >= 4 is 12.1 Å². The van der Waals surface area contributed by atoms with Crippen LogP contribution in [0.2, 0.25) is 0 Å². The molecule has 0 saturated heterocycles. The monoisotopic (exact) mass is 233 g/mol. The van der Waals surface area contributed by atoms with Gasteiger partial charge in [0.25, 0.3) is 0 Å². The molecule has 2 N–H and O–H groups in total. The molecule has 1 atom stereocenters. The fourth-order valence-electron chi connectivity index (χ4n) is 1.08. The van der Waals surface area contributed by atoms with Crippen molar-refractivity contribution in [1.82, 2.24) is 5.32 Å². The summed E-state index contributed by atoms with van der Waals surface area (Å²) in [6.45, 7) is 3.85. The van der Waals surface area contributed by atoms with Crippen molar-refractivity contribution in [1.29, 1.82) is 0 Å². The van der Waals surface area contributed by atoms with E-state index in [2.05, 4.69) is 5.32 Å². The molecule has 0 spiro atoms. The van der Waals surface area contributed by atoms with Gasteiger partial charge in [-0.2, -0.15) is 0 Å². The lowest BCUT2D eigenvalue weighted by atomic mass is 10.1. The summed E-state index contributed by atoms with van der Waals surface area (Å²) in [4.78, 5) is 22.0. The van der Waals surface area contributed by atoms with Crippen LogP contribution in [0, 0.1) is 0 Å². The number of aliphatic carboxylic acids is 1. The number of carbonyl (C=O) groups excluding carboxylic acids is 1. The number of nitrogens with one attached hydrogen (secondary N) is 1. The maximum Gasteiger partial charge on any atom is 0.408 e. The van der Waals surface area contributed by atoms with Gasteiger partial charge in [-0.1, -0.05) is 0 Å². The standard InChI is InChI=1S/C10H19NO5/c1-7(2)16-10(14)11-8(9(12)13)5-4-6-15-3/h7-8H,4-6H2,1-3H3,(H,11,14)(H,12,13). The molecule has 16 heavy (non-hydrogen) atoms. The van der Waals surface area contributed by atoms with E-state index in [-0.39, 0.29) is 6.10 Å². The topological polar surface area (TPSA) is 84.9 Å². The van der Waals surface area contributed by atoms with Gasteiger partial charge in [-0.3, -0.25) is 0 Å². The van der Waals surface area contributed by atoms with Crippen LogP contribution >= 0.6 is 0 Å². The Kier molecular flexibility index (Phi) is 7.28. The first-order chi connectivity index (χ1) is 7.47. The molecule has 0 aliphatic carbocycles. The lowest BCUT2D eigenvalue weighted by molar-refractivity contribution is -0.139. The molecule has 1 amide bonds. The number of ether oxygens (including phenoxy) is 2. The normalized spacial score (nSPS) is 12.2. The van der Waals surface area contributed by atoms with Crippen LogP contribution in [-0.4, -0.2) is 43.0 Å².